The third-order valence-corrected chi connectivity index (χ3v) is 5.71. The normalized spacial score (nSPS) is 11.7. The van der Waals surface area contributed by atoms with E-state index in [-0.39, 0.29) is 17.1 Å². The van der Waals surface area contributed by atoms with Gasteiger partial charge in [0.1, 0.15) is 5.82 Å². The van der Waals surface area contributed by atoms with E-state index >= 15 is 0 Å². The van der Waals surface area contributed by atoms with Gasteiger partial charge in [-0.15, -0.1) is 11.8 Å². The molecule has 1 amide bonds. The molecule has 0 radical (unpaired) electrons. The summed E-state index contributed by atoms with van der Waals surface area (Å²) in [6.45, 7) is 7.84. The van der Waals surface area contributed by atoms with Crippen LogP contribution in [0.1, 0.15) is 29.4 Å². The maximum atomic E-state index is 12.6. The number of hydrogen-bond donors (Lipinski definition) is 3. The van der Waals surface area contributed by atoms with E-state index in [4.69, 9.17) is 5.73 Å². The van der Waals surface area contributed by atoms with Crippen molar-refractivity contribution in [2.75, 3.05) is 16.4 Å². The van der Waals surface area contributed by atoms with Gasteiger partial charge in [-0.1, -0.05) is 30.3 Å². The molecule has 0 fully saturated rings. The number of nitrogens with zero attached hydrogens (tertiary/aromatic N) is 3. The molecule has 2 aromatic carbocycles. The second-order valence-corrected chi connectivity index (χ2v) is 8.46. The standard InChI is InChI=1S/C22H26N6OS/c1-13-9-10-15(3)18(11-13)24-20(29)16(4)30-12-19-26-21(23)28-22(27-19)25-17-8-6-5-7-14(17)2/h5-11,16H,12H2,1-4H3,(H,24,29)(H3,23,25,26,27,28)/t16-/m0/s1. The molecule has 8 heteroatoms. The van der Waals surface area contributed by atoms with E-state index < -0.39 is 0 Å². The highest BCUT2D eigenvalue weighted by atomic mass is 32.2. The number of amides is 1. The number of aryl methyl sites for hydroxylation is 3. The smallest absolute Gasteiger partial charge is 0.237 e. The van der Waals surface area contributed by atoms with Gasteiger partial charge in [0, 0.05) is 11.4 Å². The van der Waals surface area contributed by atoms with E-state index in [1.165, 1.54) is 11.8 Å². The van der Waals surface area contributed by atoms with Crippen LogP contribution in [0.15, 0.2) is 42.5 Å². The lowest BCUT2D eigenvalue weighted by molar-refractivity contribution is -0.115. The Labute approximate surface area is 180 Å². The highest BCUT2D eigenvalue weighted by molar-refractivity contribution is 7.99. The molecule has 0 aliphatic rings. The minimum absolute atomic E-state index is 0.0611. The van der Waals surface area contributed by atoms with Crippen molar-refractivity contribution < 1.29 is 4.79 Å². The molecule has 0 bridgehead atoms. The second-order valence-electron chi connectivity index (χ2n) is 7.13. The number of nitrogens with one attached hydrogen (secondary N) is 2. The first-order chi connectivity index (χ1) is 14.3. The highest BCUT2D eigenvalue weighted by Crippen LogP contribution is 2.22. The minimum Gasteiger partial charge on any atom is -0.368 e. The van der Waals surface area contributed by atoms with Gasteiger partial charge in [0.25, 0.3) is 0 Å². The third kappa shape index (κ3) is 5.70. The summed E-state index contributed by atoms with van der Waals surface area (Å²) in [5.74, 6) is 1.43. The quantitative estimate of drug-likeness (QED) is 0.519. The van der Waals surface area contributed by atoms with Crippen LogP contribution in [0.2, 0.25) is 0 Å². The van der Waals surface area contributed by atoms with Gasteiger partial charge >= 0.3 is 0 Å². The summed E-state index contributed by atoms with van der Waals surface area (Å²) < 4.78 is 0. The summed E-state index contributed by atoms with van der Waals surface area (Å²) in [6.07, 6.45) is 0. The molecule has 0 spiro atoms. The van der Waals surface area contributed by atoms with Gasteiger partial charge in [-0.05, 0) is 56.5 Å². The maximum Gasteiger partial charge on any atom is 0.237 e. The van der Waals surface area contributed by atoms with Crippen LogP contribution in [0.25, 0.3) is 0 Å². The molecule has 1 atom stereocenters. The van der Waals surface area contributed by atoms with E-state index in [9.17, 15) is 4.79 Å². The topological polar surface area (TPSA) is 106 Å². The van der Waals surface area contributed by atoms with Crippen LogP contribution in [0.3, 0.4) is 0 Å². The van der Waals surface area contributed by atoms with Gasteiger partial charge < -0.3 is 16.4 Å². The zero-order valence-electron chi connectivity index (χ0n) is 17.6. The van der Waals surface area contributed by atoms with Crippen molar-refractivity contribution in [2.24, 2.45) is 0 Å². The third-order valence-electron chi connectivity index (χ3n) is 4.57. The second kappa shape index (κ2) is 9.58. The molecule has 1 heterocycles. The molecule has 1 aromatic heterocycles. The number of anilines is 4. The van der Waals surface area contributed by atoms with Gasteiger partial charge in [-0.3, -0.25) is 4.79 Å². The predicted octanol–water partition coefficient (Wildman–Crippen LogP) is 4.38. The summed E-state index contributed by atoms with van der Waals surface area (Å²) in [5, 5.41) is 5.89. The fourth-order valence-electron chi connectivity index (χ4n) is 2.77. The number of rotatable bonds is 7. The zero-order valence-corrected chi connectivity index (χ0v) is 18.4. The Kier molecular flexibility index (Phi) is 6.89. The summed E-state index contributed by atoms with van der Waals surface area (Å²) in [6, 6.07) is 13.8. The largest absolute Gasteiger partial charge is 0.368 e. The van der Waals surface area contributed by atoms with E-state index in [0.29, 0.717) is 17.5 Å². The summed E-state index contributed by atoms with van der Waals surface area (Å²) in [5.41, 5.74) is 10.8. The lowest BCUT2D eigenvalue weighted by atomic mass is 10.1. The molecular formula is C22H26N6OS. The minimum atomic E-state index is -0.282. The Morgan fingerprint density at radius 1 is 1.03 bits per heavy atom. The lowest BCUT2D eigenvalue weighted by Crippen LogP contribution is -2.23. The van der Waals surface area contributed by atoms with E-state index in [2.05, 4.69) is 25.6 Å². The van der Waals surface area contributed by atoms with Gasteiger partial charge in [0.2, 0.25) is 17.8 Å². The van der Waals surface area contributed by atoms with Crippen LogP contribution in [-0.4, -0.2) is 26.1 Å². The van der Waals surface area contributed by atoms with Crippen molar-refractivity contribution in [3.8, 4) is 0 Å². The number of para-hydroxylation sites is 1. The summed E-state index contributed by atoms with van der Waals surface area (Å²) in [7, 11) is 0. The van der Waals surface area contributed by atoms with Gasteiger partial charge in [-0.2, -0.15) is 15.0 Å². The van der Waals surface area contributed by atoms with E-state index in [1.54, 1.807) is 0 Å². The van der Waals surface area contributed by atoms with Crippen LogP contribution >= 0.6 is 11.8 Å². The fraction of sp³-hybridized carbons (Fsp3) is 0.273. The van der Waals surface area contributed by atoms with Crippen LogP contribution < -0.4 is 16.4 Å². The lowest BCUT2D eigenvalue weighted by Gasteiger charge is -2.14. The Hall–Kier alpha value is -3.13. The SMILES string of the molecule is Cc1ccc(C)c(NC(=O)[C@H](C)SCc2nc(N)nc(Nc3ccccc3C)n2)c1. The first-order valence-electron chi connectivity index (χ1n) is 9.64. The number of benzene rings is 2. The van der Waals surface area contributed by atoms with Crippen LogP contribution in [0.5, 0.6) is 0 Å². The molecule has 3 rings (SSSR count). The number of thioether (sulfide) groups is 1. The Balaban J connectivity index is 1.63. The monoisotopic (exact) mass is 422 g/mol. The van der Waals surface area contributed by atoms with Crippen LogP contribution in [0.4, 0.5) is 23.3 Å². The van der Waals surface area contributed by atoms with Gasteiger partial charge in [-0.25, -0.2) is 0 Å². The molecule has 0 aliphatic heterocycles. The molecule has 4 N–H and O–H groups in total. The van der Waals surface area contributed by atoms with Crippen molar-refractivity contribution in [3.05, 3.63) is 65.0 Å². The summed E-state index contributed by atoms with van der Waals surface area (Å²) in [4.78, 5) is 25.4. The Morgan fingerprint density at radius 3 is 2.53 bits per heavy atom. The van der Waals surface area contributed by atoms with Crippen LogP contribution in [-0.2, 0) is 10.5 Å². The predicted molar refractivity (Wildman–Crippen MR) is 124 cm³/mol. The Morgan fingerprint density at radius 2 is 1.77 bits per heavy atom. The average molecular weight is 423 g/mol. The number of carbonyl (C=O) groups excluding carboxylic acids is 1. The van der Waals surface area contributed by atoms with Crippen molar-refractivity contribution in [1.82, 2.24) is 15.0 Å². The van der Waals surface area contributed by atoms with Crippen molar-refractivity contribution >= 4 is 40.9 Å². The summed E-state index contributed by atoms with van der Waals surface area (Å²) >= 11 is 1.45. The van der Waals surface area contributed by atoms with Crippen molar-refractivity contribution in [1.29, 1.82) is 0 Å². The van der Waals surface area contributed by atoms with Gasteiger partial charge in [0.05, 0.1) is 11.0 Å². The number of aromatic nitrogens is 3. The number of carbonyl (C=O) groups is 1. The molecule has 0 saturated heterocycles. The first kappa shape index (κ1) is 21.6. The van der Waals surface area contributed by atoms with Crippen LogP contribution in [0, 0.1) is 20.8 Å². The maximum absolute atomic E-state index is 12.6. The Bertz CT molecular complexity index is 1060. The van der Waals surface area contributed by atoms with Crippen molar-refractivity contribution in [2.45, 2.75) is 38.7 Å². The van der Waals surface area contributed by atoms with E-state index in [0.717, 1.165) is 28.1 Å². The highest BCUT2D eigenvalue weighted by Gasteiger charge is 2.16. The molecule has 0 aliphatic carbocycles. The number of nitrogens with two attached hydrogens (primary N) is 1. The average Bonchev–Trinajstić information content (AvgIpc) is 2.70. The zero-order chi connectivity index (χ0) is 21.7. The molecule has 156 valence electrons. The molecule has 30 heavy (non-hydrogen) atoms. The molecule has 3 aromatic rings. The molecular weight excluding hydrogens is 396 g/mol. The molecule has 7 nitrogen and oxygen atoms in total. The molecule has 0 unspecified atom stereocenters. The van der Waals surface area contributed by atoms with Gasteiger partial charge in [0.15, 0.2) is 0 Å². The number of hydrogen-bond acceptors (Lipinski definition) is 7. The first-order valence-corrected chi connectivity index (χ1v) is 10.7. The molecule has 0 saturated carbocycles. The van der Waals surface area contributed by atoms with E-state index in [1.807, 2.05) is 70.2 Å². The van der Waals surface area contributed by atoms with Crippen molar-refractivity contribution in [3.63, 3.8) is 0 Å². The fourth-order valence-corrected chi connectivity index (χ4v) is 3.51. The number of nitrogen functional groups attached to an aromatic ring is 1.